The lowest BCUT2D eigenvalue weighted by Gasteiger charge is -2.05. The number of hydrogen-bond donors (Lipinski definition) is 4. The van der Waals surface area contributed by atoms with Gasteiger partial charge in [0.05, 0.1) is 7.11 Å². The highest BCUT2D eigenvalue weighted by atomic mass is 127. The number of methoxy groups -OCH3 is 1. The molecule has 1 amide bonds. The largest absolute Gasteiger partial charge is 0.504 e. The molecule has 9 heteroatoms. The van der Waals surface area contributed by atoms with Crippen molar-refractivity contribution in [1.29, 1.82) is 0 Å². The molecule has 1 heterocycles. The number of benzene rings is 2. The molecule has 0 atom stereocenters. The molecule has 28 heavy (non-hydrogen) atoms. The van der Waals surface area contributed by atoms with Crippen molar-refractivity contribution in [2.75, 3.05) is 12.4 Å². The van der Waals surface area contributed by atoms with Crippen LogP contribution in [0.5, 0.6) is 11.5 Å². The predicted octanol–water partition coefficient (Wildman–Crippen LogP) is 3.65. The van der Waals surface area contributed by atoms with E-state index in [1.807, 2.05) is 24.3 Å². The van der Waals surface area contributed by atoms with Crippen molar-refractivity contribution in [2.24, 2.45) is 10.7 Å². The number of aliphatic imine (C=N–C) groups is 1. The molecule has 0 saturated heterocycles. The van der Waals surface area contributed by atoms with E-state index in [0.29, 0.717) is 17.1 Å². The van der Waals surface area contributed by atoms with Crippen molar-refractivity contribution in [3.63, 3.8) is 0 Å². The van der Waals surface area contributed by atoms with Gasteiger partial charge in [-0.2, -0.15) is 5.10 Å². The van der Waals surface area contributed by atoms with Gasteiger partial charge >= 0.3 is 0 Å². The number of aromatic hydroxyl groups is 1. The number of nitrogens with one attached hydrogen (secondary N) is 2. The first-order valence-corrected chi connectivity index (χ1v) is 9.75. The third-order valence-corrected chi connectivity index (χ3v) is 4.79. The van der Waals surface area contributed by atoms with Crippen LogP contribution in [-0.4, -0.2) is 34.5 Å². The van der Waals surface area contributed by atoms with Gasteiger partial charge in [-0.25, -0.2) is 4.99 Å². The van der Waals surface area contributed by atoms with Crippen LogP contribution < -0.4 is 15.8 Å². The minimum atomic E-state index is -0.657. The third-order valence-electron chi connectivity index (χ3n) is 3.91. The molecule has 0 saturated carbocycles. The number of rotatable bonds is 7. The van der Waals surface area contributed by atoms with Crippen LogP contribution in [-0.2, 0) is 4.43 Å². The zero-order chi connectivity index (χ0) is 20.1. The van der Waals surface area contributed by atoms with Crippen molar-refractivity contribution in [3.8, 4) is 11.5 Å². The zero-order valence-corrected chi connectivity index (χ0v) is 17.1. The summed E-state index contributed by atoms with van der Waals surface area (Å²) in [7, 11) is 1.46. The normalized spacial score (nSPS) is 10.9. The average Bonchev–Trinajstić information content (AvgIpc) is 3.10. The summed E-state index contributed by atoms with van der Waals surface area (Å²) in [5, 5.41) is 19.6. The lowest BCUT2D eigenvalue weighted by molar-refractivity contribution is 0.100. The minimum absolute atomic E-state index is 0.0269. The fourth-order valence-electron chi connectivity index (χ4n) is 2.48. The number of alkyl halides is 1. The SMILES string of the molecule is COc1cc(/C=N/c2[nH]nc(Nc3ccc(CI)cc3)c2C(N)=O)ccc1O. The van der Waals surface area contributed by atoms with Gasteiger partial charge in [-0.05, 0) is 41.5 Å². The Balaban J connectivity index is 1.87. The quantitative estimate of drug-likeness (QED) is 0.228. The van der Waals surface area contributed by atoms with Crippen molar-refractivity contribution in [2.45, 2.75) is 4.43 Å². The molecule has 144 valence electrons. The number of hydrogen-bond acceptors (Lipinski definition) is 6. The molecular weight excluding hydrogens is 473 g/mol. The Labute approximate surface area is 175 Å². The number of anilines is 2. The number of amides is 1. The molecule has 0 fully saturated rings. The van der Waals surface area contributed by atoms with Gasteiger partial charge in [0.25, 0.3) is 5.91 Å². The standard InChI is InChI=1S/C19H18IN5O3/c1-28-15-8-12(4-7-14(15)26)10-22-18-16(17(21)27)19(25-24-18)23-13-5-2-11(9-20)3-6-13/h2-8,10,26H,9H2,1H3,(H2,21,27)(H2,23,24,25)/b22-10+. The Hall–Kier alpha value is -3.08. The second-order valence-corrected chi connectivity index (χ2v) is 6.57. The molecule has 0 unspecified atom stereocenters. The molecule has 0 aliphatic carbocycles. The van der Waals surface area contributed by atoms with E-state index in [9.17, 15) is 9.90 Å². The number of primary amides is 1. The topological polar surface area (TPSA) is 126 Å². The first-order chi connectivity index (χ1) is 13.5. The maximum atomic E-state index is 11.9. The highest BCUT2D eigenvalue weighted by Gasteiger charge is 2.18. The van der Waals surface area contributed by atoms with E-state index in [1.54, 1.807) is 12.1 Å². The van der Waals surface area contributed by atoms with Crippen LogP contribution in [0.15, 0.2) is 47.5 Å². The van der Waals surface area contributed by atoms with Crippen molar-refractivity contribution >= 4 is 52.0 Å². The van der Waals surface area contributed by atoms with E-state index >= 15 is 0 Å². The molecule has 3 aromatic rings. The molecule has 0 aliphatic rings. The van der Waals surface area contributed by atoms with Gasteiger partial charge in [0.2, 0.25) is 0 Å². The minimum Gasteiger partial charge on any atom is -0.504 e. The van der Waals surface area contributed by atoms with Gasteiger partial charge in [-0.1, -0.05) is 34.7 Å². The third kappa shape index (κ3) is 4.42. The molecule has 0 bridgehead atoms. The van der Waals surface area contributed by atoms with Crippen LogP contribution in [0.25, 0.3) is 0 Å². The molecular formula is C19H18IN5O3. The average molecular weight is 491 g/mol. The van der Waals surface area contributed by atoms with E-state index in [0.717, 1.165) is 10.1 Å². The van der Waals surface area contributed by atoms with Crippen LogP contribution in [0.1, 0.15) is 21.5 Å². The molecule has 2 aromatic carbocycles. The zero-order valence-electron chi connectivity index (χ0n) is 14.9. The Morgan fingerprint density at radius 2 is 2.11 bits per heavy atom. The van der Waals surface area contributed by atoms with Gasteiger partial charge in [0.1, 0.15) is 5.56 Å². The van der Waals surface area contributed by atoms with E-state index in [4.69, 9.17) is 10.5 Å². The summed E-state index contributed by atoms with van der Waals surface area (Å²) in [5.41, 5.74) is 8.32. The summed E-state index contributed by atoms with van der Waals surface area (Å²) in [4.78, 5) is 16.2. The van der Waals surface area contributed by atoms with Gasteiger partial charge in [-0.15, -0.1) is 0 Å². The molecule has 0 spiro atoms. The second kappa shape index (κ2) is 8.74. The molecule has 5 N–H and O–H groups in total. The summed E-state index contributed by atoms with van der Waals surface area (Å²) in [6.07, 6.45) is 1.51. The smallest absolute Gasteiger partial charge is 0.256 e. The van der Waals surface area contributed by atoms with Crippen LogP contribution in [0.4, 0.5) is 17.3 Å². The number of ether oxygens (including phenoxy) is 1. The highest BCUT2D eigenvalue weighted by molar-refractivity contribution is 14.1. The summed E-state index contributed by atoms with van der Waals surface area (Å²) >= 11 is 2.29. The van der Waals surface area contributed by atoms with Crippen molar-refractivity contribution < 1.29 is 14.6 Å². The number of aromatic amines is 1. The van der Waals surface area contributed by atoms with Gasteiger partial charge < -0.3 is 20.9 Å². The highest BCUT2D eigenvalue weighted by Crippen LogP contribution is 2.28. The second-order valence-electron chi connectivity index (χ2n) is 5.81. The first-order valence-electron chi connectivity index (χ1n) is 8.23. The van der Waals surface area contributed by atoms with Crippen molar-refractivity contribution in [3.05, 3.63) is 59.2 Å². The number of phenolic OH excluding ortho intramolecular Hbond substituents is 1. The van der Waals surface area contributed by atoms with Gasteiger partial charge in [0, 0.05) is 16.3 Å². The summed E-state index contributed by atoms with van der Waals surface area (Å²) in [6.45, 7) is 0. The van der Waals surface area contributed by atoms with E-state index in [-0.39, 0.29) is 17.1 Å². The lowest BCUT2D eigenvalue weighted by Crippen LogP contribution is -2.12. The summed E-state index contributed by atoms with van der Waals surface area (Å²) in [6, 6.07) is 12.6. The van der Waals surface area contributed by atoms with Crippen LogP contribution in [0.2, 0.25) is 0 Å². The Kier molecular flexibility index (Phi) is 6.14. The number of H-pyrrole nitrogens is 1. The van der Waals surface area contributed by atoms with Gasteiger partial charge in [-0.3, -0.25) is 9.89 Å². The molecule has 3 rings (SSSR count). The van der Waals surface area contributed by atoms with Crippen LogP contribution >= 0.6 is 22.6 Å². The fraction of sp³-hybridized carbons (Fsp3) is 0.105. The summed E-state index contributed by atoms with van der Waals surface area (Å²) < 4.78 is 5.98. The van der Waals surface area contributed by atoms with Crippen molar-refractivity contribution in [1.82, 2.24) is 10.2 Å². The van der Waals surface area contributed by atoms with Crippen LogP contribution in [0, 0.1) is 0 Å². The maximum Gasteiger partial charge on any atom is 0.256 e. The Morgan fingerprint density at radius 3 is 2.75 bits per heavy atom. The number of aromatic nitrogens is 2. The molecule has 8 nitrogen and oxygen atoms in total. The van der Waals surface area contributed by atoms with E-state index < -0.39 is 5.91 Å². The van der Waals surface area contributed by atoms with Crippen LogP contribution in [0.3, 0.4) is 0 Å². The van der Waals surface area contributed by atoms with Gasteiger partial charge in [0.15, 0.2) is 23.1 Å². The lowest BCUT2D eigenvalue weighted by atomic mass is 10.2. The number of carbonyl (C=O) groups excluding carboxylic acids is 1. The van der Waals surface area contributed by atoms with E-state index in [2.05, 4.69) is 43.1 Å². The molecule has 1 aromatic heterocycles. The number of nitrogens with zero attached hydrogens (tertiary/aromatic N) is 2. The number of phenols is 1. The Morgan fingerprint density at radius 1 is 1.36 bits per heavy atom. The predicted molar refractivity (Wildman–Crippen MR) is 116 cm³/mol. The van der Waals surface area contributed by atoms with E-state index in [1.165, 1.54) is 25.0 Å². The summed E-state index contributed by atoms with van der Waals surface area (Å²) in [5.74, 6) is 0.215. The Bertz CT molecular complexity index is 1010. The molecule has 0 aliphatic heterocycles. The monoisotopic (exact) mass is 491 g/mol. The molecule has 0 radical (unpaired) electrons. The number of carbonyl (C=O) groups is 1. The number of halogens is 1. The fourth-order valence-corrected chi connectivity index (χ4v) is 2.99. The maximum absolute atomic E-state index is 11.9. The first kappa shape index (κ1) is 19.7. The number of nitrogens with two attached hydrogens (primary N) is 1.